The molecule has 0 spiro atoms. The summed E-state index contributed by atoms with van der Waals surface area (Å²) in [6.07, 6.45) is 0. The standard InChI is InChI=1S/C6H10Si/c1-4-7(5-2)6-3/h4-6H,1-2H2,3H3. The first-order valence-electron chi connectivity index (χ1n) is 2.26. The lowest BCUT2D eigenvalue weighted by Crippen LogP contribution is -1.91. The summed E-state index contributed by atoms with van der Waals surface area (Å²) in [5.41, 5.74) is 6.06. The van der Waals surface area contributed by atoms with Crippen molar-refractivity contribution in [3.63, 3.8) is 0 Å². The van der Waals surface area contributed by atoms with Gasteiger partial charge in [0.2, 0.25) is 0 Å². The highest BCUT2D eigenvalue weighted by molar-refractivity contribution is 6.74. The van der Waals surface area contributed by atoms with Crippen LogP contribution in [0.3, 0.4) is 0 Å². The fourth-order valence-corrected chi connectivity index (χ4v) is 0.957. The van der Waals surface area contributed by atoms with Crippen LogP contribution in [-0.2, 0) is 0 Å². The van der Waals surface area contributed by atoms with Crippen molar-refractivity contribution in [2.24, 2.45) is 0 Å². The predicted molar refractivity (Wildman–Crippen MR) is 37.9 cm³/mol. The van der Waals surface area contributed by atoms with Crippen LogP contribution in [0.4, 0.5) is 0 Å². The van der Waals surface area contributed by atoms with Crippen molar-refractivity contribution in [2.45, 2.75) is 6.92 Å². The van der Waals surface area contributed by atoms with Gasteiger partial charge in [0.05, 0.1) is 8.41 Å². The summed E-state index contributed by atoms with van der Waals surface area (Å²) in [5.74, 6) is 0. The molecule has 38 valence electrons. The molecule has 0 aliphatic heterocycles. The van der Waals surface area contributed by atoms with Gasteiger partial charge in [-0.05, 0) is 0 Å². The molecular weight excluding hydrogens is 100 g/mol. The normalized spacial score (nSPS) is 7.00. The summed E-state index contributed by atoms with van der Waals surface area (Å²) < 4.78 is 0. The van der Waals surface area contributed by atoms with Crippen molar-refractivity contribution < 1.29 is 0 Å². The van der Waals surface area contributed by atoms with Gasteiger partial charge >= 0.3 is 0 Å². The fraction of sp³-hybridized carbons (Fsp3) is 0.167. The van der Waals surface area contributed by atoms with E-state index in [-0.39, 0.29) is 0 Å². The summed E-state index contributed by atoms with van der Waals surface area (Å²) >= 11 is 0. The molecule has 1 heteroatoms. The van der Waals surface area contributed by atoms with Crippen molar-refractivity contribution in [1.29, 1.82) is 0 Å². The zero-order valence-electron chi connectivity index (χ0n) is 4.65. The first kappa shape index (κ1) is 6.57. The minimum absolute atomic E-state index is 0.460. The molecule has 0 saturated carbocycles. The van der Waals surface area contributed by atoms with E-state index in [2.05, 4.69) is 18.8 Å². The Morgan fingerprint density at radius 2 is 1.71 bits per heavy atom. The van der Waals surface area contributed by atoms with Crippen LogP contribution in [0.15, 0.2) is 24.6 Å². The van der Waals surface area contributed by atoms with E-state index in [1.54, 1.807) is 0 Å². The van der Waals surface area contributed by atoms with E-state index in [9.17, 15) is 0 Å². The Hall–Kier alpha value is -0.433. The van der Waals surface area contributed by atoms with Gasteiger partial charge in [-0.2, -0.15) is 0 Å². The highest BCUT2D eigenvalue weighted by atomic mass is 28.2. The molecule has 7 heavy (non-hydrogen) atoms. The average molecular weight is 110 g/mol. The van der Waals surface area contributed by atoms with E-state index in [4.69, 9.17) is 0 Å². The van der Waals surface area contributed by atoms with Crippen LogP contribution < -0.4 is 0 Å². The van der Waals surface area contributed by atoms with Gasteiger partial charge in [0.15, 0.2) is 0 Å². The molecule has 0 aliphatic carbocycles. The SMILES string of the molecule is C=C[Si](C=C)=CC. The minimum atomic E-state index is -0.460. The third-order valence-corrected chi connectivity index (χ3v) is 2.41. The van der Waals surface area contributed by atoms with Crippen LogP contribution in [0.25, 0.3) is 0 Å². The van der Waals surface area contributed by atoms with Crippen LogP contribution in [0.2, 0.25) is 0 Å². The zero-order chi connectivity index (χ0) is 5.70. The Kier molecular flexibility index (Phi) is 3.51. The van der Waals surface area contributed by atoms with Crippen molar-refractivity contribution in [3.8, 4) is 0 Å². The number of hydrogen-bond donors (Lipinski definition) is 0. The van der Waals surface area contributed by atoms with E-state index in [0.717, 1.165) is 0 Å². The lowest BCUT2D eigenvalue weighted by molar-refractivity contribution is 2.12. The quantitative estimate of drug-likeness (QED) is 0.470. The maximum atomic E-state index is 3.65. The molecule has 0 saturated heterocycles. The molecule has 0 aromatic heterocycles. The van der Waals surface area contributed by atoms with Crippen LogP contribution in [0, 0.1) is 0 Å². The highest BCUT2D eigenvalue weighted by Gasteiger charge is 1.74. The summed E-state index contributed by atoms with van der Waals surface area (Å²) in [6, 6.07) is 0. The molecule has 0 atom stereocenters. The lowest BCUT2D eigenvalue weighted by atomic mass is 11.0. The predicted octanol–water partition coefficient (Wildman–Crippen LogP) is 1.34. The van der Waals surface area contributed by atoms with Gasteiger partial charge in [-0.15, -0.1) is 13.2 Å². The maximum absolute atomic E-state index is 3.65. The summed E-state index contributed by atoms with van der Waals surface area (Å²) in [6.45, 7) is 9.33. The summed E-state index contributed by atoms with van der Waals surface area (Å²) in [5, 5.41) is 0. The molecule has 0 aromatic carbocycles. The van der Waals surface area contributed by atoms with Crippen molar-refractivity contribution in [2.75, 3.05) is 0 Å². The first-order valence-corrected chi connectivity index (χ1v) is 3.99. The molecule has 0 rings (SSSR count). The number of rotatable bonds is 2. The molecule has 0 nitrogen and oxygen atoms in total. The molecule has 0 fully saturated rings. The van der Waals surface area contributed by atoms with Gasteiger partial charge in [0.1, 0.15) is 0 Å². The topological polar surface area (TPSA) is 0 Å². The minimum Gasteiger partial charge on any atom is -0.103 e. The fourth-order valence-electron chi connectivity index (χ4n) is 0.319. The second kappa shape index (κ2) is 3.75. The third-order valence-electron chi connectivity index (χ3n) is 0.805. The van der Waals surface area contributed by atoms with Gasteiger partial charge in [0.25, 0.3) is 0 Å². The Labute approximate surface area is 46.4 Å². The van der Waals surface area contributed by atoms with E-state index in [1.807, 2.05) is 18.3 Å². The summed E-state index contributed by atoms with van der Waals surface area (Å²) in [4.78, 5) is 0. The molecule has 0 radical (unpaired) electrons. The van der Waals surface area contributed by atoms with Crippen molar-refractivity contribution >= 4 is 14.1 Å². The van der Waals surface area contributed by atoms with Gasteiger partial charge in [0, 0.05) is 0 Å². The first-order chi connectivity index (χ1) is 3.35. The Morgan fingerprint density at radius 1 is 1.29 bits per heavy atom. The Bertz CT molecular complexity index is 90.7. The molecule has 0 N–H and O–H groups in total. The van der Waals surface area contributed by atoms with Gasteiger partial charge in [-0.25, -0.2) is 0 Å². The third kappa shape index (κ3) is 2.29. The zero-order valence-corrected chi connectivity index (χ0v) is 5.65. The van der Waals surface area contributed by atoms with E-state index in [0.29, 0.717) is 0 Å². The Morgan fingerprint density at radius 3 is 1.71 bits per heavy atom. The van der Waals surface area contributed by atoms with Crippen LogP contribution >= 0.6 is 0 Å². The van der Waals surface area contributed by atoms with Crippen molar-refractivity contribution in [3.05, 3.63) is 24.6 Å². The smallest absolute Gasteiger partial charge is 0.0588 e. The monoisotopic (exact) mass is 110 g/mol. The molecule has 0 bridgehead atoms. The second-order valence-corrected chi connectivity index (χ2v) is 3.59. The molecule has 0 heterocycles. The molecular formula is C6H10Si. The highest BCUT2D eigenvalue weighted by Crippen LogP contribution is 1.68. The lowest BCUT2D eigenvalue weighted by Gasteiger charge is -1.79. The van der Waals surface area contributed by atoms with E-state index in [1.165, 1.54) is 0 Å². The second-order valence-electron chi connectivity index (χ2n) is 1.20. The van der Waals surface area contributed by atoms with Crippen LogP contribution in [0.5, 0.6) is 0 Å². The molecule has 0 aromatic rings. The average Bonchev–Trinajstić information content (AvgIpc) is 1.72. The number of hydrogen-bond acceptors (Lipinski definition) is 0. The summed E-state index contributed by atoms with van der Waals surface area (Å²) in [7, 11) is -0.460. The van der Waals surface area contributed by atoms with Gasteiger partial charge in [-0.1, -0.05) is 24.0 Å². The van der Waals surface area contributed by atoms with E-state index < -0.39 is 8.41 Å². The maximum Gasteiger partial charge on any atom is 0.0588 e. The van der Waals surface area contributed by atoms with Gasteiger partial charge < -0.3 is 0 Å². The largest absolute Gasteiger partial charge is 0.103 e. The van der Waals surface area contributed by atoms with Crippen molar-refractivity contribution in [1.82, 2.24) is 0 Å². The molecule has 0 unspecified atom stereocenters. The van der Waals surface area contributed by atoms with Gasteiger partial charge in [-0.3, -0.25) is 0 Å². The Balaban J connectivity index is 3.85. The molecule has 0 amide bonds. The van der Waals surface area contributed by atoms with Crippen LogP contribution in [0.1, 0.15) is 6.92 Å². The van der Waals surface area contributed by atoms with Crippen LogP contribution in [-0.4, -0.2) is 14.1 Å². The van der Waals surface area contributed by atoms with E-state index >= 15 is 0 Å². The molecule has 0 aliphatic rings.